The number of allylic oxidation sites excluding steroid dienone is 1. The van der Waals surface area contributed by atoms with Crippen molar-refractivity contribution in [2.24, 2.45) is 0 Å². The minimum Gasteiger partial charge on any atom is -0.493 e. The van der Waals surface area contributed by atoms with Gasteiger partial charge in [-0.15, -0.1) is 0 Å². The highest BCUT2D eigenvalue weighted by Gasteiger charge is 2.24. The van der Waals surface area contributed by atoms with Crippen LogP contribution < -0.4 is 0 Å². The number of nitrogens with zero attached hydrogens (tertiary/aromatic N) is 2. The summed E-state index contributed by atoms with van der Waals surface area (Å²) in [4.78, 5) is 16.8. The van der Waals surface area contributed by atoms with E-state index in [9.17, 15) is 4.79 Å². The van der Waals surface area contributed by atoms with E-state index < -0.39 is 0 Å². The van der Waals surface area contributed by atoms with E-state index in [0.717, 1.165) is 51.7 Å². The minimum absolute atomic E-state index is 0.00436. The van der Waals surface area contributed by atoms with Gasteiger partial charge in [0.25, 0.3) is 0 Å². The number of unbranched alkanes of at least 4 members (excludes halogenated alkanes) is 10. The van der Waals surface area contributed by atoms with E-state index in [1.165, 1.54) is 95.8 Å². The lowest BCUT2D eigenvalue weighted by Gasteiger charge is -2.35. The van der Waals surface area contributed by atoms with E-state index in [1.807, 2.05) is 0 Å². The molecule has 210 valence electrons. The van der Waals surface area contributed by atoms with Crippen LogP contribution in [-0.2, 0) is 14.3 Å². The monoisotopic (exact) mass is 506 g/mol. The van der Waals surface area contributed by atoms with Crippen molar-refractivity contribution in [3.05, 3.63) is 11.3 Å². The van der Waals surface area contributed by atoms with E-state index in [4.69, 9.17) is 9.47 Å². The zero-order valence-electron chi connectivity index (χ0n) is 24.2. The molecule has 0 radical (unpaired) electrons. The third-order valence-electron chi connectivity index (χ3n) is 7.77. The predicted molar refractivity (Wildman–Crippen MR) is 151 cm³/mol. The Labute approximate surface area is 223 Å². The molecule has 5 nitrogen and oxygen atoms in total. The molecule has 1 saturated heterocycles. The SMILES string of the molecule is CCCCCCCCCCCOC(=O)CCCCCN1CCCC(OC(CCN(C)C)=C2CCC2)C1. The molecule has 0 N–H and O–H groups in total. The molecule has 1 aliphatic heterocycles. The van der Waals surface area contributed by atoms with Gasteiger partial charge in [-0.25, -0.2) is 0 Å². The second kappa shape index (κ2) is 20.0. The summed E-state index contributed by atoms with van der Waals surface area (Å²) in [5, 5.41) is 0. The molecule has 0 bridgehead atoms. The lowest BCUT2D eigenvalue weighted by Crippen LogP contribution is -2.40. The van der Waals surface area contributed by atoms with E-state index in [2.05, 4.69) is 30.8 Å². The lowest BCUT2D eigenvalue weighted by atomic mass is 9.90. The van der Waals surface area contributed by atoms with Crippen molar-refractivity contribution in [2.75, 3.05) is 46.9 Å². The first-order valence-electron chi connectivity index (χ1n) is 15.5. The van der Waals surface area contributed by atoms with Crippen LogP contribution in [0.5, 0.6) is 0 Å². The van der Waals surface area contributed by atoms with Crippen LogP contribution in [0.3, 0.4) is 0 Å². The largest absolute Gasteiger partial charge is 0.493 e. The van der Waals surface area contributed by atoms with Gasteiger partial charge in [-0.3, -0.25) is 9.69 Å². The van der Waals surface area contributed by atoms with Crippen molar-refractivity contribution in [3.63, 3.8) is 0 Å². The van der Waals surface area contributed by atoms with Crippen LogP contribution in [0.25, 0.3) is 0 Å². The van der Waals surface area contributed by atoms with Gasteiger partial charge in [-0.05, 0) is 84.1 Å². The molecule has 36 heavy (non-hydrogen) atoms. The van der Waals surface area contributed by atoms with E-state index in [1.54, 1.807) is 5.57 Å². The summed E-state index contributed by atoms with van der Waals surface area (Å²) < 4.78 is 12.0. The first kappa shape index (κ1) is 31.1. The molecule has 2 rings (SSSR count). The maximum Gasteiger partial charge on any atom is 0.305 e. The maximum absolute atomic E-state index is 12.0. The number of ether oxygens (including phenoxy) is 2. The van der Waals surface area contributed by atoms with E-state index in [-0.39, 0.29) is 5.97 Å². The fourth-order valence-electron chi connectivity index (χ4n) is 5.24. The van der Waals surface area contributed by atoms with Crippen molar-refractivity contribution in [1.82, 2.24) is 9.80 Å². The molecular weight excluding hydrogens is 448 g/mol. The molecule has 2 aliphatic rings. The van der Waals surface area contributed by atoms with Crippen molar-refractivity contribution in [2.45, 2.75) is 135 Å². The Hall–Kier alpha value is -1.07. The van der Waals surface area contributed by atoms with Crippen LogP contribution in [-0.4, -0.2) is 68.8 Å². The number of rotatable bonds is 21. The fraction of sp³-hybridized carbons (Fsp3) is 0.903. The van der Waals surface area contributed by atoms with Crippen molar-refractivity contribution < 1.29 is 14.3 Å². The number of esters is 1. The van der Waals surface area contributed by atoms with Crippen LogP contribution in [0, 0.1) is 0 Å². The van der Waals surface area contributed by atoms with Crippen LogP contribution in [0.1, 0.15) is 129 Å². The summed E-state index contributed by atoms with van der Waals surface area (Å²) in [6, 6.07) is 0. The first-order chi connectivity index (χ1) is 17.6. The zero-order chi connectivity index (χ0) is 25.8. The smallest absolute Gasteiger partial charge is 0.305 e. The Kier molecular flexibility index (Phi) is 17.3. The Balaban J connectivity index is 1.46. The summed E-state index contributed by atoms with van der Waals surface area (Å²) in [6.45, 7) is 7.30. The summed E-state index contributed by atoms with van der Waals surface area (Å²) in [5.74, 6) is 1.29. The Bertz CT molecular complexity index is 599. The van der Waals surface area contributed by atoms with Gasteiger partial charge in [0.1, 0.15) is 6.10 Å². The van der Waals surface area contributed by atoms with Gasteiger partial charge in [-0.1, -0.05) is 64.7 Å². The molecule has 1 saturated carbocycles. The Morgan fingerprint density at radius 2 is 1.58 bits per heavy atom. The highest BCUT2D eigenvalue weighted by atomic mass is 16.5. The third-order valence-corrected chi connectivity index (χ3v) is 7.77. The topological polar surface area (TPSA) is 42.0 Å². The molecule has 2 fully saturated rings. The van der Waals surface area contributed by atoms with Gasteiger partial charge in [0, 0.05) is 25.9 Å². The van der Waals surface area contributed by atoms with Gasteiger partial charge >= 0.3 is 5.97 Å². The van der Waals surface area contributed by atoms with E-state index in [0.29, 0.717) is 19.1 Å². The van der Waals surface area contributed by atoms with Crippen molar-refractivity contribution >= 4 is 5.97 Å². The zero-order valence-corrected chi connectivity index (χ0v) is 24.2. The summed E-state index contributed by atoms with van der Waals surface area (Å²) in [6.07, 6.45) is 23.0. The van der Waals surface area contributed by atoms with Gasteiger partial charge in [0.05, 0.1) is 12.4 Å². The summed E-state index contributed by atoms with van der Waals surface area (Å²) in [5.41, 5.74) is 1.57. The Morgan fingerprint density at radius 3 is 2.25 bits per heavy atom. The van der Waals surface area contributed by atoms with Crippen LogP contribution >= 0.6 is 0 Å². The third kappa shape index (κ3) is 14.6. The number of carbonyl (C=O) groups is 1. The first-order valence-corrected chi connectivity index (χ1v) is 15.5. The average Bonchev–Trinajstić information content (AvgIpc) is 2.82. The number of likely N-dealkylation sites (tertiary alicyclic amines) is 1. The quantitative estimate of drug-likeness (QED) is 0.0916. The molecule has 0 aromatic rings. The second-order valence-electron chi connectivity index (χ2n) is 11.5. The molecule has 1 heterocycles. The van der Waals surface area contributed by atoms with Crippen LogP contribution in [0.15, 0.2) is 11.3 Å². The summed E-state index contributed by atoms with van der Waals surface area (Å²) >= 11 is 0. The van der Waals surface area contributed by atoms with Crippen molar-refractivity contribution in [1.29, 1.82) is 0 Å². The molecule has 5 heteroatoms. The van der Waals surface area contributed by atoms with Crippen molar-refractivity contribution in [3.8, 4) is 0 Å². The number of piperidine rings is 1. The van der Waals surface area contributed by atoms with Gasteiger partial charge in [0.2, 0.25) is 0 Å². The fourth-order valence-corrected chi connectivity index (χ4v) is 5.24. The predicted octanol–water partition coefficient (Wildman–Crippen LogP) is 7.49. The normalized spacial score (nSPS) is 18.3. The van der Waals surface area contributed by atoms with Crippen LogP contribution in [0.4, 0.5) is 0 Å². The molecule has 1 unspecified atom stereocenters. The van der Waals surface area contributed by atoms with Gasteiger partial charge in [0.15, 0.2) is 0 Å². The second-order valence-corrected chi connectivity index (χ2v) is 11.5. The standard InChI is InChI=1S/C31H58N2O3/c1-4-5-6-7-8-9-10-11-15-26-35-31(34)21-13-12-14-23-33-24-17-20-29(27-33)36-30(22-25-32(2)3)28-18-16-19-28/h29H,4-27H2,1-3H3. The minimum atomic E-state index is -0.00436. The molecule has 1 aliphatic carbocycles. The molecule has 1 atom stereocenters. The van der Waals surface area contributed by atoms with E-state index >= 15 is 0 Å². The molecule has 0 aromatic carbocycles. The molecule has 0 amide bonds. The molecule has 0 spiro atoms. The molecule has 0 aromatic heterocycles. The summed E-state index contributed by atoms with van der Waals surface area (Å²) in [7, 11) is 4.28. The Morgan fingerprint density at radius 1 is 0.889 bits per heavy atom. The van der Waals surface area contributed by atoms with Gasteiger partial charge < -0.3 is 14.4 Å². The number of hydrogen-bond acceptors (Lipinski definition) is 5. The molecular formula is C31H58N2O3. The highest BCUT2D eigenvalue weighted by molar-refractivity contribution is 5.69. The lowest BCUT2D eigenvalue weighted by molar-refractivity contribution is -0.143. The average molecular weight is 507 g/mol. The highest BCUT2D eigenvalue weighted by Crippen LogP contribution is 2.32. The number of hydrogen-bond donors (Lipinski definition) is 0. The number of carbonyl (C=O) groups excluding carboxylic acids is 1. The maximum atomic E-state index is 12.0. The van der Waals surface area contributed by atoms with Gasteiger partial charge in [-0.2, -0.15) is 0 Å². The van der Waals surface area contributed by atoms with Crippen LogP contribution in [0.2, 0.25) is 0 Å².